The third kappa shape index (κ3) is 4.14. The van der Waals surface area contributed by atoms with E-state index in [0.717, 1.165) is 31.9 Å². The number of ether oxygens (including phenoxy) is 3. The standard InChI is InChI=1S/C17H24N2O4/c1-2-17(20)19-9-7-18(8-10-19)14-3-5-15(6-4-14)22-12-16-11-21-13-23-16/h3-6,16H,2,7-13H2,1H3. The topological polar surface area (TPSA) is 51.2 Å². The van der Waals surface area contributed by atoms with Crippen LogP contribution in [-0.2, 0) is 14.3 Å². The van der Waals surface area contributed by atoms with Crippen molar-refractivity contribution in [3.05, 3.63) is 24.3 Å². The lowest BCUT2D eigenvalue weighted by atomic mass is 10.2. The molecule has 1 atom stereocenters. The highest BCUT2D eigenvalue weighted by Crippen LogP contribution is 2.21. The molecule has 0 saturated carbocycles. The fraction of sp³-hybridized carbons (Fsp3) is 0.588. The molecule has 1 unspecified atom stereocenters. The van der Waals surface area contributed by atoms with Gasteiger partial charge >= 0.3 is 0 Å². The molecule has 1 amide bonds. The maximum absolute atomic E-state index is 11.7. The van der Waals surface area contributed by atoms with Crippen molar-refractivity contribution in [3.63, 3.8) is 0 Å². The van der Waals surface area contributed by atoms with Gasteiger partial charge in [-0.1, -0.05) is 6.92 Å². The van der Waals surface area contributed by atoms with Crippen molar-refractivity contribution in [2.45, 2.75) is 19.4 Å². The maximum Gasteiger partial charge on any atom is 0.222 e. The monoisotopic (exact) mass is 320 g/mol. The number of carbonyl (C=O) groups is 1. The Bertz CT molecular complexity index is 506. The van der Waals surface area contributed by atoms with E-state index in [0.29, 0.717) is 26.4 Å². The Kier molecular flexibility index (Phi) is 5.35. The molecular weight excluding hydrogens is 296 g/mol. The number of anilines is 1. The molecule has 6 heteroatoms. The van der Waals surface area contributed by atoms with Gasteiger partial charge in [0.05, 0.1) is 6.61 Å². The van der Waals surface area contributed by atoms with E-state index in [2.05, 4.69) is 17.0 Å². The molecule has 0 spiro atoms. The van der Waals surface area contributed by atoms with Crippen LogP contribution in [0.5, 0.6) is 5.75 Å². The van der Waals surface area contributed by atoms with Crippen LogP contribution in [0.1, 0.15) is 13.3 Å². The predicted octanol–water partition coefficient (Wildman–Crippen LogP) is 1.50. The van der Waals surface area contributed by atoms with Gasteiger partial charge in [0.25, 0.3) is 0 Å². The van der Waals surface area contributed by atoms with Gasteiger partial charge in [0.15, 0.2) is 0 Å². The molecule has 1 aromatic rings. The molecule has 0 radical (unpaired) electrons. The lowest BCUT2D eigenvalue weighted by molar-refractivity contribution is -0.131. The van der Waals surface area contributed by atoms with Crippen molar-refractivity contribution >= 4 is 11.6 Å². The van der Waals surface area contributed by atoms with E-state index in [1.165, 1.54) is 5.69 Å². The molecule has 0 bridgehead atoms. The summed E-state index contributed by atoms with van der Waals surface area (Å²) in [6.45, 7) is 6.72. The number of carbonyl (C=O) groups excluding carboxylic acids is 1. The summed E-state index contributed by atoms with van der Waals surface area (Å²) < 4.78 is 16.2. The van der Waals surface area contributed by atoms with Crippen molar-refractivity contribution in [1.29, 1.82) is 0 Å². The summed E-state index contributed by atoms with van der Waals surface area (Å²) in [6, 6.07) is 8.10. The average Bonchev–Trinajstić information content (AvgIpc) is 3.13. The highest BCUT2D eigenvalue weighted by molar-refractivity contribution is 5.76. The van der Waals surface area contributed by atoms with Crippen molar-refractivity contribution in [1.82, 2.24) is 4.90 Å². The van der Waals surface area contributed by atoms with Gasteiger partial charge in [-0.3, -0.25) is 4.79 Å². The third-order valence-corrected chi connectivity index (χ3v) is 4.26. The summed E-state index contributed by atoms with van der Waals surface area (Å²) in [5, 5.41) is 0. The molecule has 0 aromatic heterocycles. The van der Waals surface area contributed by atoms with Crippen LogP contribution in [0.3, 0.4) is 0 Å². The van der Waals surface area contributed by atoms with Crippen molar-refractivity contribution in [2.75, 3.05) is 51.1 Å². The fourth-order valence-corrected chi connectivity index (χ4v) is 2.85. The molecule has 23 heavy (non-hydrogen) atoms. The Balaban J connectivity index is 1.48. The van der Waals surface area contributed by atoms with E-state index in [-0.39, 0.29) is 12.0 Å². The first-order valence-corrected chi connectivity index (χ1v) is 8.21. The zero-order valence-corrected chi connectivity index (χ0v) is 13.6. The molecule has 2 saturated heterocycles. The first-order valence-electron chi connectivity index (χ1n) is 8.21. The summed E-state index contributed by atoms with van der Waals surface area (Å²) in [4.78, 5) is 16.0. The fourth-order valence-electron chi connectivity index (χ4n) is 2.85. The number of rotatable bonds is 5. The summed E-state index contributed by atoms with van der Waals surface area (Å²) in [7, 11) is 0. The molecule has 0 aliphatic carbocycles. The molecule has 6 nitrogen and oxygen atoms in total. The van der Waals surface area contributed by atoms with Gasteiger partial charge in [-0.15, -0.1) is 0 Å². The van der Waals surface area contributed by atoms with Crippen LogP contribution in [0.4, 0.5) is 5.69 Å². The molecule has 2 aliphatic heterocycles. The minimum atomic E-state index is 0.0267. The quantitative estimate of drug-likeness (QED) is 0.823. The largest absolute Gasteiger partial charge is 0.491 e. The second kappa shape index (κ2) is 7.66. The number of hydrogen-bond acceptors (Lipinski definition) is 5. The van der Waals surface area contributed by atoms with Crippen LogP contribution in [0.2, 0.25) is 0 Å². The minimum absolute atomic E-state index is 0.0267. The average molecular weight is 320 g/mol. The summed E-state index contributed by atoms with van der Waals surface area (Å²) in [5.41, 5.74) is 1.17. The van der Waals surface area contributed by atoms with Crippen LogP contribution in [0.25, 0.3) is 0 Å². The SMILES string of the molecule is CCC(=O)N1CCN(c2ccc(OCC3COCO3)cc2)CC1. The zero-order valence-electron chi connectivity index (χ0n) is 13.6. The molecule has 3 rings (SSSR count). The highest BCUT2D eigenvalue weighted by Gasteiger charge is 2.20. The van der Waals surface area contributed by atoms with Crippen LogP contribution in [0, 0.1) is 0 Å². The Morgan fingerprint density at radius 2 is 1.96 bits per heavy atom. The number of piperazine rings is 1. The summed E-state index contributed by atoms with van der Waals surface area (Å²) in [6.07, 6.45) is 0.612. The van der Waals surface area contributed by atoms with Crippen LogP contribution in [-0.4, -0.2) is 63.1 Å². The van der Waals surface area contributed by atoms with Crippen molar-refractivity contribution in [2.24, 2.45) is 0 Å². The Morgan fingerprint density at radius 3 is 2.57 bits per heavy atom. The molecule has 1 aromatic carbocycles. The molecule has 2 aliphatic rings. The number of amides is 1. The van der Waals surface area contributed by atoms with Gasteiger partial charge in [-0.05, 0) is 24.3 Å². The van der Waals surface area contributed by atoms with E-state index in [1.807, 2.05) is 24.0 Å². The van der Waals surface area contributed by atoms with Gasteiger partial charge in [0.2, 0.25) is 5.91 Å². The van der Waals surface area contributed by atoms with Gasteiger partial charge in [-0.25, -0.2) is 0 Å². The van der Waals surface area contributed by atoms with Gasteiger partial charge in [-0.2, -0.15) is 0 Å². The Labute approximate surface area is 136 Å². The lowest BCUT2D eigenvalue weighted by Crippen LogP contribution is -2.48. The second-order valence-electron chi connectivity index (χ2n) is 5.80. The van der Waals surface area contributed by atoms with Crippen LogP contribution in [0.15, 0.2) is 24.3 Å². The first-order chi connectivity index (χ1) is 11.3. The van der Waals surface area contributed by atoms with E-state index >= 15 is 0 Å². The summed E-state index contributed by atoms with van der Waals surface area (Å²) in [5.74, 6) is 1.08. The molecule has 0 N–H and O–H groups in total. The number of hydrogen-bond donors (Lipinski definition) is 0. The van der Waals surface area contributed by atoms with E-state index in [9.17, 15) is 4.79 Å². The zero-order chi connectivity index (χ0) is 16.1. The smallest absolute Gasteiger partial charge is 0.222 e. The van der Waals surface area contributed by atoms with E-state index in [4.69, 9.17) is 14.2 Å². The van der Waals surface area contributed by atoms with Crippen molar-refractivity contribution < 1.29 is 19.0 Å². The Hall–Kier alpha value is -1.79. The molecule has 126 valence electrons. The highest BCUT2D eigenvalue weighted by atomic mass is 16.7. The van der Waals surface area contributed by atoms with Gasteiger partial charge in [0, 0.05) is 38.3 Å². The Morgan fingerprint density at radius 1 is 1.22 bits per heavy atom. The number of nitrogens with zero attached hydrogens (tertiary/aromatic N) is 2. The maximum atomic E-state index is 11.7. The van der Waals surface area contributed by atoms with Gasteiger partial charge in [0.1, 0.15) is 25.3 Å². The summed E-state index contributed by atoms with van der Waals surface area (Å²) >= 11 is 0. The number of benzene rings is 1. The molecule has 2 heterocycles. The second-order valence-corrected chi connectivity index (χ2v) is 5.80. The van der Waals surface area contributed by atoms with Gasteiger partial charge < -0.3 is 24.0 Å². The molecular formula is C17H24N2O4. The third-order valence-electron chi connectivity index (χ3n) is 4.26. The van der Waals surface area contributed by atoms with Crippen LogP contribution >= 0.6 is 0 Å². The van der Waals surface area contributed by atoms with Crippen LogP contribution < -0.4 is 9.64 Å². The predicted molar refractivity (Wildman–Crippen MR) is 86.7 cm³/mol. The first kappa shape index (κ1) is 16.1. The lowest BCUT2D eigenvalue weighted by Gasteiger charge is -2.36. The van der Waals surface area contributed by atoms with Crippen molar-refractivity contribution in [3.8, 4) is 5.75 Å². The van der Waals surface area contributed by atoms with E-state index in [1.54, 1.807) is 0 Å². The normalized spacial score (nSPS) is 21.5. The molecule has 2 fully saturated rings. The minimum Gasteiger partial charge on any atom is -0.491 e. The van der Waals surface area contributed by atoms with E-state index < -0.39 is 0 Å².